The molecule has 0 saturated carbocycles. The fourth-order valence-corrected chi connectivity index (χ4v) is 1.17. The second kappa shape index (κ2) is 5.32. The van der Waals surface area contributed by atoms with Gasteiger partial charge in [-0.25, -0.2) is 0 Å². The number of carbonyl (C=O) groups is 1. The zero-order chi connectivity index (χ0) is 13.0. The molecule has 8 heteroatoms. The van der Waals surface area contributed by atoms with E-state index in [0.717, 1.165) is 18.3 Å². The number of rotatable bonds is 5. The molecule has 17 heavy (non-hydrogen) atoms. The van der Waals surface area contributed by atoms with Crippen molar-refractivity contribution in [3.05, 3.63) is 34.1 Å². The van der Waals surface area contributed by atoms with Crippen molar-refractivity contribution in [1.29, 1.82) is 0 Å². The summed E-state index contributed by atoms with van der Waals surface area (Å²) in [4.78, 5) is 23.6. The van der Waals surface area contributed by atoms with E-state index in [1.807, 2.05) is 0 Å². The Morgan fingerprint density at radius 1 is 1.47 bits per heavy atom. The minimum Gasteiger partial charge on any atom is -0.481 e. The predicted molar refractivity (Wildman–Crippen MR) is 54.1 cm³/mol. The van der Waals surface area contributed by atoms with Crippen LogP contribution < -0.4 is 0 Å². The molecule has 8 nitrogen and oxygen atoms in total. The first-order valence-electron chi connectivity index (χ1n) is 4.60. The molecular weight excluding hydrogens is 232 g/mol. The summed E-state index contributed by atoms with van der Waals surface area (Å²) in [5.74, 6) is -1.27. The van der Waals surface area contributed by atoms with E-state index in [1.54, 1.807) is 0 Å². The van der Waals surface area contributed by atoms with Crippen LogP contribution in [0.25, 0.3) is 0 Å². The highest BCUT2D eigenvalue weighted by atomic mass is 16.6. The molecule has 0 saturated heterocycles. The molecule has 0 spiro atoms. The van der Waals surface area contributed by atoms with Crippen LogP contribution in [-0.2, 0) is 4.79 Å². The molecule has 1 aromatic heterocycles. The number of hydrogen-bond donors (Lipinski definition) is 3. The maximum Gasteiger partial charge on any atom is 0.306 e. The number of nitrogens with zero attached hydrogens (tertiary/aromatic N) is 2. The van der Waals surface area contributed by atoms with E-state index in [1.165, 1.54) is 0 Å². The van der Waals surface area contributed by atoms with Crippen LogP contribution in [0.5, 0.6) is 0 Å². The van der Waals surface area contributed by atoms with Crippen LogP contribution in [0.2, 0.25) is 0 Å². The molecule has 0 aliphatic carbocycles. The SMILES string of the molecule is O=C(O)CC(O)C(O)c1ccc([N+](=O)[O-])cn1. The van der Waals surface area contributed by atoms with Gasteiger partial charge in [-0.05, 0) is 6.07 Å². The topological polar surface area (TPSA) is 134 Å². The Bertz CT molecular complexity index is 418. The number of carboxylic acids is 1. The number of aromatic nitrogens is 1. The molecule has 0 bridgehead atoms. The molecule has 2 atom stereocenters. The third-order valence-electron chi connectivity index (χ3n) is 2.03. The summed E-state index contributed by atoms with van der Waals surface area (Å²) in [7, 11) is 0. The minimum atomic E-state index is -1.51. The van der Waals surface area contributed by atoms with Gasteiger partial charge in [0, 0.05) is 6.07 Å². The zero-order valence-electron chi connectivity index (χ0n) is 8.55. The molecule has 0 amide bonds. The Labute approximate surface area is 95.3 Å². The Kier molecular flexibility index (Phi) is 4.07. The Morgan fingerprint density at radius 2 is 2.12 bits per heavy atom. The molecule has 0 aliphatic rings. The van der Waals surface area contributed by atoms with Gasteiger partial charge in [-0.2, -0.15) is 0 Å². The monoisotopic (exact) mass is 242 g/mol. The average Bonchev–Trinajstić information content (AvgIpc) is 2.27. The number of aliphatic hydroxyl groups excluding tert-OH is 2. The van der Waals surface area contributed by atoms with Gasteiger partial charge in [0.15, 0.2) is 0 Å². The van der Waals surface area contributed by atoms with Crippen molar-refractivity contribution < 1.29 is 25.0 Å². The molecule has 3 N–H and O–H groups in total. The Morgan fingerprint density at radius 3 is 2.53 bits per heavy atom. The molecular formula is C9H10N2O6. The van der Waals surface area contributed by atoms with E-state index >= 15 is 0 Å². The van der Waals surface area contributed by atoms with Crippen LogP contribution in [0.4, 0.5) is 5.69 Å². The molecule has 0 radical (unpaired) electrons. The van der Waals surface area contributed by atoms with Gasteiger partial charge in [-0.3, -0.25) is 19.9 Å². The number of carboxylic acid groups (broad SMARTS) is 1. The fraction of sp³-hybridized carbons (Fsp3) is 0.333. The van der Waals surface area contributed by atoms with Crippen LogP contribution in [0.1, 0.15) is 18.2 Å². The van der Waals surface area contributed by atoms with Crippen molar-refractivity contribution in [3.8, 4) is 0 Å². The normalized spacial score (nSPS) is 14.0. The number of nitro groups is 1. The van der Waals surface area contributed by atoms with Crippen molar-refractivity contribution in [2.75, 3.05) is 0 Å². The summed E-state index contributed by atoms with van der Waals surface area (Å²) in [6.07, 6.45) is -2.72. The highest BCUT2D eigenvalue weighted by Crippen LogP contribution is 2.19. The predicted octanol–water partition coefficient (Wildman–Crippen LogP) is -0.141. The first-order valence-corrected chi connectivity index (χ1v) is 4.60. The average molecular weight is 242 g/mol. The van der Waals surface area contributed by atoms with Gasteiger partial charge in [0.05, 0.1) is 23.1 Å². The second-order valence-corrected chi connectivity index (χ2v) is 3.31. The van der Waals surface area contributed by atoms with Crippen molar-refractivity contribution >= 4 is 11.7 Å². The van der Waals surface area contributed by atoms with Crippen LogP contribution in [0.3, 0.4) is 0 Å². The lowest BCUT2D eigenvalue weighted by atomic mass is 10.1. The number of aliphatic carboxylic acids is 1. The van der Waals surface area contributed by atoms with E-state index < -0.39 is 29.5 Å². The van der Waals surface area contributed by atoms with Gasteiger partial charge in [0.1, 0.15) is 12.3 Å². The summed E-state index contributed by atoms with van der Waals surface area (Å²) < 4.78 is 0. The van der Waals surface area contributed by atoms with E-state index in [9.17, 15) is 25.1 Å². The van der Waals surface area contributed by atoms with Crippen LogP contribution >= 0.6 is 0 Å². The van der Waals surface area contributed by atoms with Crippen molar-refractivity contribution in [1.82, 2.24) is 4.98 Å². The molecule has 92 valence electrons. The second-order valence-electron chi connectivity index (χ2n) is 3.31. The third-order valence-corrected chi connectivity index (χ3v) is 2.03. The van der Waals surface area contributed by atoms with E-state index in [0.29, 0.717) is 0 Å². The van der Waals surface area contributed by atoms with E-state index in [4.69, 9.17) is 5.11 Å². The highest BCUT2D eigenvalue weighted by Gasteiger charge is 2.22. The quantitative estimate of drug-likeness (QED) is 0.483. The van der Waals surface area contributed by atoms with Gasteiger partial charge in [-0.1, -0.05) is 0 Å². The largest absolute Gasteiger partial charge is 0.481 e. The van der Waals surface area contributed by atoms with Crippen LogP contribution in [-0.4, -0.2) is 37.3 Å². The summed E-state index contributed by atoms with van der Waals surface area (Å²) in [5.41, 5.74) is -0.280. The van der Waals surface area contributed by atoms with Gasteiger partial charge in [0.2, 0.25) is 0 Å². The lowest BCUT2D eigenvalue weighted by Gasteiger charge is -2.14. The van der Waals surface area contributed by atoms with Gasteiger partial charge in [-0.15, -0.1) is 0 Å². The van der Waals surface area contributed by atoms with E-state index in [2.05, 4.69) is 4.98 Å². The summed E-state index contributed by atoms with van der Waals surface area (Å²) in [6.45, 7) is 0. The molecule has 0 fully saturated rings. The first-order chi connectivity index (χ1) is 7.91. The maximum atomic E-state index is 10.3. The van der Waals surface area contributed by atoms with Crippen molar-refractivity contribution in [3.63, 3.8) is 0 Å². The van der Waals surface area contributed by atoms with Gasteiger partial charge in [0.25, 0.3) is 5.69 Å². The van der Waals surface area contributed by atoms with Crippen LogP contribution in [0, 0.1) is 10.1 Å². The molecule has 1 aromatic rings. The first kappa shape index (κ1) is 13.0. The van der Waals surface area contributed by atoms with Gasteiger partial charge >= 0.3 is 5.97 Å². The summed E-state index contributed by atoms with van der Waals surface area (Å²) >= 11 is 0. The standard InChI is InChI=1S/C9H10N2O6/c12-7(3-8(13)14)9(15)6-2-1-5(4-10-6)11(16)17/h1-2,4,7,9,12,15H,3H2,(H,13,14). The highest BCUT2D eigenvalue weighted by molar-refractivity contribution is 5.67. The molecule has 2 unspecified atom stereocenters. The number of pyridine rings is 1. The Hall–Kier alpha value is -2.06. The lowest BCUT2D eigenvalue weighted by Crippen LogP contribution is -2.22. The summed E-state index contributed by atoms with van der Waals surface area (Å²) in [6, 6.07) is 2.27. The minimum absolute atomic E-state index is 0.0237. The summed E-state index contributed by atoms with van der Waals surface area (Å²) in [5, 5.41) is 37.6. The maximum absolute atomic E-state index is 10.3. The lowest BCUT2D eigenvalue weighted by molar-refractivity contribution is -0.385. The zero-order valence-corrected chi connectivity index (χ0v) is 8.55. The number of aliphatic hydroxyl groups is 2. The molecule has 0 aliphatic heterocycles. The van der Waals surface area contributed by atoms with Gasteiger partial charge < -0.3 is 15.3 Å². The third kappa shape index (κ3) is 3.47. The Balaban J connectivity index is 2.78. The fourth-order valence-electron chi connectivity index (χ4n) is 1.17. The number of hydrogen-bond acceptors (Lipinski definition) is 6. The van der Waals surface area contributed by atoms with Crippen molar-refractivity contribution in [2.24, 2.45) is 0 Å². The molecule has 1 rings (SSSR count). The smallest absolute Gasteiger partial charge is 0.306 e. The van der Waals surface area contributed by atoms with E-state index in [-0.39, 0.29) is 11.4 Å². The molecule has 1 heterocycles. The molecule has 0 aromatic carbocycles. The van der Waals surface area contributed by atoms with Crippen LogP contribution in [0.15, 0.2) is 18.3 Å². The van der Waals surface area contributed by atoms with Crippen molar-refractivity contribution in [2.45, 2.75) is 18.6 Å².